The molecule has 1 saturated heterocycles. The number of nitrogens with zero attached hydrogens (tertiary/aromatic N) is 1. The molecule has 0 radical (unpaired) electrons. The Morgan fingerprint density at radius 3 is 2.90 bits per heavy atom. The Morgan fingerprint density at radius 1 is 1.29 bits per heavy atom. The third-order valence-corrected chi connectivity index (χ3v) is 7.16. The maximum atomic E-state index is 4.65. The second-order valence-electron chi connectivity index (χ2n) is 5.41. The maximum Gasteiger partial charge on any atom is 0.0702 e. The molecule has 4 heteroatoms. The highest BCUT2D eigenvalue weighted by Gasteiger charge is 2.31. The molecule has 0 aliphatic carbocycles. The van der Waals surface area contributed by atoms with Gasteiger partial charge in [0.05, 0.1) is 5.52 Å². The van der Waals surface area contributed by atoms with Crippen LogP contribution in [0.2, 0.25) is 0 Å². The van der Waals surface area contributed by atoms with E-state index >= 15 is 0 Å². The van der Waals surface area contributed by atoms with Crippen molar-refractivity contribution < 1.29 is 0 Å². The average molecular weight is 319 g/mol. The third-order valence-electron chi connectivity index (χ3n) is 3.96. The van der Waals surface area contributed by atoms with E-state index in [1.165, 1.54) is 22.5 Å². The van der Waals surface area contributed by atoms with E-state index in [1.807, 2.05) is 6.07 Å². The van der Waals surface area contributed by atoms with Crippen LogP contribution in [0.25, 0.3) is 10.9 Å². The second kappa shape index (κ2) is 7.03. The van der Waals surface area contributed by atoms with E-state index < -0.39 is 0 Å². The average Bonchev–Trinajstić information content (AvgIpc) is 2.53. The summed E-state index contributed by atoms with van der Waals surface area (Å²) in [4.78, 5) is 4.65. The van der Waals surface area contributed by atoms with Gasteiger partial charge in [-0.15, -0.1) is 0 Å². The van der Waals surface area contributed by atoms with Gasteiger partial charge < -0.3 is 5.32 Å². The fourth-order valence-electron chi connectivity index (χ4n) is 2.92. The summed E-state index contributed by atoms with van der Waals surface area (Å²) in [5.74, 6) is 2.53. The smallest absolute Gasteiger partial charge is 0.0702 e. The zero-order valence-electron chi connectivity index (χ0n) is 12.6. The van der Waals surface area contributed by atoms with Gasteiger partial charge in [0, 0.05) is 39.6 Å². The van der Waals surface area contributed by atoms with Crippen LogP contribution in [0.1, 0.15) is 25.5 Å². The summed E-state index contributed by atoms with van der Waals surface area (Å²) in [6.45, 7) is 5.54. The molecule has 1 N–H and O–H groups in total. The van der Waals surface area contributed by atoms with Gasteiger partial charge in [0.1, 0.15) is 0 Å². The number of fused-ring (bicyclic) bond motifs is 1. The molecule has 0 spiro atoms. The molecule has 3 rings (SSSR count). The van der Waals surface area contributed by atoms with Crippen molar-refractivity contribution in [1.29, 1.82) is 0 Å². The SMILES string of the molecule is CCNC(c1cnc2ccccc2c1)C1SCCSC1C. The fourth-order valence-corrected chi connectivity index (χ4v) is 5.87. The number of pyridine rings is 1. The normalized spacial score (nSPS) is 24.1. The van der Waals surface area contributed by atoms with Crippen LogP contribution in [0, 0.1) is 0 Å². The van der Waals surface area contributed by atoms with Gasteiger partial charge in [-0.1, -0.05) is 32.0 Å². The van der Waals surface area contributed by atoms with Gasteiger partial charge in [0.15, 0.2) is 0 Å². The van der Waals surface area contributed by atoms with Gasteiger partial charge in [-0.05, 0) is 24.2 Å². The molecule has 1 aromatic heterocycles. The van der Waals surface area contributed by atoms with E-state index in [0.29, 0.717) is 16.5 Å². The molecule has 2 nitrogen and oxygen atoms in total. The number of thioether (sulfide) groups is 2. The second-order valence-corrected chi connectivity index (χ2v) is 8.18. The molecule has 21 heavy (non-hydrogen) atoms. The van der Waals surface area contributed by atoms with Gasteiger partial charge in [0.25, 0.3) is 0 Å². The van der Waals surface area contributed by atoms with Crippen molar-refractivity contribution in [2.24, 2.45) is 0 Å². The van der Waals surface area contributed by atoms with Crippen LogP contribution in [-0.2, 0) is 0 Å². The molecule has 0 saturated carbocycles. The summed E-state index contributed by atoms with van der Waals surface area (Å²) in [5, 5.41) is 6.22. The van der Waals surface area contributed by atoms with Crippen molar-refractivity contribution >= 4 is 34.4 Å². The summed E-state index contributed by atoms with van der Waals surface area (Å²) in [5.41, 5.74) is 2.40. The maximum absolute atomic E-state index is 4.65. The zero-order chi connectivity index (χ0) is 14.7. The van der Waals surface area contributed by atoms with Gasteiger partial charge >= 0.3 is 0 Å². The van der Waals surface area contributed by atoms with Crippen molar-refractivity contribution in [2.75, 3.05) is 18.1 Å². The lowest BCUT2D eigenvalue weighted by Crippen LogP contribution is -2.37. The summed E-state index contributed by atoms with van der Waals surface area (Å²) in [6.07, 6.45) is 2.06. The number of hydrogen-bond acceptors (Lipinski definition) is 4. The van der Waals surface area contributed by atoms with E-state index in [2.05, 4.69) is 78.1 Å². The van der Waals surface area contributed by atoms with Gasteiger partial charge in [-0.3, -0.25) is 4.98 Å². The van der Waals surface area contributed by atoms with Crippen LogP contribution < -0.4 is 5.32 Å². The highest BCUT2D eigenvalue weighted by molar-refractivity contribution is 8.07. The molecule has 2 aromatic rings. The Kier molecular flexibility index (Phi) is 5.09. The van der Waals surface area contributed by atoms with Crippen molar-refractivity contribution in [3.63, 3.8) is 0 Å². The molecule has 1 aromatic carbocycles. The zero-order valence-corrected chi connectivity index (χ0v) is 14.2. The Morgan fingerprint density at radius 2 is 2.10 bits per heavy atom. The van der Waals surface area contributed by atoms with Crippen molar-refractivity contribution in [3.8, 4) is 0 Å². The molecular weight excluding hydrogens is 296 g/mol. The van der Waals surface area contributed by atoms with Crippen molar-refractivity contribution in [2.45, 2.75) is 30.4 Å². The minimum Gasteiger partial charge on any atom is -0.309 e. The van der Waals surface area contributed by atoms with Crippen LogP contribution in [0.3, 0.4) is 0 Å². The molecular formula is C17H22N2S2. The van der Waals surface area contributed by atoms with Gasteiger partial charge in [-0.25, -0.2) is 0 Å². The molecule has 1 aliphatic rings. The predicted octanol–water partition coefficient (Wildman–Crippen LogP) is 4.12. The van der Waals surface area contributed by atoms with Crippen LogP contribution in [0.4, 0.5) is 0 Å². The summed E-state index contributed by atoms with van der Waals surface area (Å²) >= 11 is 4.21. The monoisotopic (exact) mass is 318 g/mol. The fraction of sp³-hybridized carbons (Fsp3) is 0.471. The van der Waals surface area contributed by atoms with E-state index in [-0.39, 0.29) is 0 Å². The van der Waals surface area contributed by atoms with Crippen LogP contribution >= 0.6 is 23.5 Å². The number of hydrogen-bond donors (Lipinski definition) is 1. The number of aromatic nitrogens is 1. The Balaban J connectivity index is 1.94. The van der Waals surface area contributed by atoms with Crippen molar-refractivity contribution in [3.05, 3.63) is 42.1 Å². The molecule has 3 unspecified atom stereocenters. The first-order chi connectivity index (χ1) is 10.3. The third kappa shape index (κ3) is 3.38. The van der Waals surface area contributed by atoms with Gasteiger partial charge in [0.2, 0.25) is 0 Å². The molecule has 0 bridgehead atoms. The largest absolute Gasteiger partial charge is 0.309 e. The first-order valence-corrected chi connectivity index (χ1v) is 9.70. The minimum absolute atomic E-state index is 0.389. The standard InChI is InChI=1S/C17H22N2S2/c1-3-18-16(17-12(2)20-8-9-21-17)14-10-13-6-4-5-7-15(13)19-11-14/h4-7,10-12,16-18H,3,8-9H2,1-2H3. The number of rotatable bonds is 4. The molecule has 3 atom stereocenters. The lowest BCUT2D eigenvalue weighted by atomic mass is 10.0. The van der Waals surface area contributed by atoms with E-state index in [0.717, 1.165) is 12.1 Å². The van der Waals surface area contributed by atoms with Crippen LogP contribution in [0.5, 0.6) is 0 Å². The lowest BCUT2D eigenvalue weighted by molar-refractivity contribution is 0.525. The lowest BCUT2D eigenvalue weighted by Gasteiger charge is -2.35. The minimum atomic E-state index is 0.389. The number of nitrogens with one attached hydrogen (secondary N) is 1. The molecule has 112 valence electrons. The van der Waals surface area contributed by atoms with Crippen LogP contribution in [0.15, 0.2) is 36.5 Å². The Labute approximate surface area is 135 Å². The first-order valence-electron chi connectivity index (χ1n) is 7.61. The summed E-state index contributed by atoms with van der Waals surface area (Å²) < 4.78 is 0. The van der Waals surface area contributed by atoms with Gasteiger partial charge in [-0.2, -0.15) is 23.5 Å². The molecule has 0 amide bonds. The topological polar surface area (TPSA) is 24.9 Å². The van der Waals surface area contributed by atoms with E-state index in [4.69, 9.17) is 0 Å². The predicted molar refractivity (Wildman–Crippen MR) is 96.3 cm³/mol. The van der Waals surface area contributed by atoms with Crippen LogP contribution in [-0.4, -0.2) is 33.5 Å². The van der Waals surface area contributed by atoms with Crippen molar-refractivity contribution in [1.82, 2.24) is 10.3 Å². The molecule has 1 aliphatic heterocycles. The molecule has 2 heterocycles. The number of benzene rings is 1. The highest BCUT2D eigenvalue weighted by Crippen LogP contribution is 2.38. The number of para-hydroxylation sites is 1. The highest BCUT2D eigenvalue weighted by atomic mass is 32.2. The molecule has 1 fully saturated rings. The summed E-state index contributed by atoms with van der Waals surface area (Å²) in [6, 6.07) is 11.1. The Bertz CT molecular complexity index is 602. The Hall–Kier alpha value is -0.710. The summed E-state index contributed by atoms with van der Waals surface area (Å²) in [7, 11) is 0. The van der Waals surface area contributed by atoms with E-state index in [9.17, 15) is 0 Å². The van der Waals surface area contributed by atoms with E-state index in [1.54, 1.807) is 0 Å². The quantitative estimate of drug-likeness (QED) is 0.916. The first kappa shape index (κ1) is 15.2.